The lowest BCUT2D eigenvalue weighted by molar-refractivity contribution is -0.138. The van der Waals surface area contributed by atoms with Crippen LogP contribution in [0.1, 0.15) is 47.5 Å². The first-order valence-corrected chi connectivity index (χ1v) is 7.84. The SMILES string of the molecule is CCC(CC)C(=O)N1CCN(CC(=O)C(C)(C)C)CC1. The van der Waals surface area contributed by atoms with Gasteiger partial charge in [-0.1, -0.05) is 34.6 Å². The lowest BCUT2D eigenvalue weighted by Gasteiger charge is -2.36. The highest BCUT2D eigenvalue weighted by Gasteiger charge is 2.28. The van der Waals surface area contributed by atoms with Gasteiger partial charge in [-0.05, 0) is 12.8 Å². The third kappa shape index (κ3) is 4.58. The summed E-state index contributed by atoms with van der Waals surface area (Å²) in [6.07, 6.45) is 1.83. The summed E-state index contributed by atoms with van der Waals surface area (Å²) >= 11 is 0. The van der Waals surface area contributed by atoms with E-state index in [0.29, 0.717) is 6.54 Å². The predicted molar refractivity (Wildman–Crippen MR) is 81.6 cm³/mol. The molecule has 0 bridgehead atoms. The van der Waals surface area contributed by atoms with E-state index in [-0.39, 0.29) is 23.0 Å². The maximum Gasteiger partial charge on any atom is 0.225 e. The Morgan fingerprint density at radius 3 is 1.90 bits per heavy atom. The molecule has 0 aromatic heterocycles. The Balaban J connectivity index is 2.44. The number of hydrogen-bond donors (Lipinski definition) is 0. The summed E-state index contributed by atoms with van der Waals surface area (Å²) in [5.41, 5.74) is -0.275. The van der Waals surface area contributed by atoms with Crippen LogP contribution in [0.2, 0.25) is 0 Å². The molecule has 116 valence electrons. The van der Waals surface area contributed by atoms with E-state index >= 15 is 0 Å². The number of carbonyl (C=O) groups excluding carboxylic acids is 2. The molecule has 0 unspecified atom stereocenters. The second-order valence-electron chi connectivity index (χ2n) is 6.79. The Morgan fingerprint density at radius 2 is 1.50 bits per heavy atom. The molecular formula is C16H30N2O2. The van der Waals surface area contributed by atoms with Crippen molar-refractivity contribution in [1.82, 2.24) is 9.80 Å². The molecule has 0 N–H and O–H groups in total. The summed E-state index contributed by atoms with van der Waals surface area (Å²) in [6, 6.07) is 0. The lowest BCUT2D eigenvalue weighted by Crippen LogP contribution is -2.52. The summed E-state index contributed by atoms with van der Waals surface area (Å²) in [4.78, 5) is 28.5. The second kappa shape index (κ2) is 7.21. The van der Waals surface area contributed by atoms with Crippen LogP contribution in [0.25, 0.3) is 0 Å². The average Bonchev–Trinajstić information content (AvgIpc) is 2.39. The van der Waals surface area contributed by atoms with Gasteiger partial charge in [0, 0.05) is 37.5 Å². The zero-order chi connectivity index (χ0) is 15.3. The third-order valence-corrected chi connectivity index (χ3v) is 4.22. The first-order valence-electron chi connectivity index (χ1n) is 7.84. The van der Waals surface area contributed by atoms with Crippen molar-refractivity contribution in [2.75, 3.05) is 32.7 Å². The van der Waals surface area contributed by atoms with Crippen molar-refractivity contribution in [2.24, 2.45) is 11.3 Å². The van der Waals surface area contributed by atoms with E-state index in [4.69, 9.17) is 0 Å². The van der Waals surface area contributed by atoms with Crippen molar-refractivity contribution >= 4 is 11.7 Å². The molecule has 0 radical (unpaired) electrons. The van der Waals surface area contributed by atoms with Crippen LogP contribution < -0.4 is 0 Å². The van der Waals surface area contributed by atoms with E-state index < -0.39 is 0 Å². The van der Waals surface area contributed by atoms with Gasteiger partial charge in [0.15, 0.2) is 5.78 Å². The molecular weight excluding hydrogens is 252 g/mol. The van der Waals surface area contributed by atoms with Crippen LogP contribution in [0, 0.1) is 11.3 Å². The number of hydrogen-bond acceptors (Lipinski definition) is 3. The number of piperazine rings is 1. The summed E-state index contributed by atoms with van der Waals surface area (Å²) in [6.45, 7) is 13.7. The predicted octanol–water partition coefficient (Wildman–Crippen LogP) is 2.18. The Labute approximate surface area is 123 Å². The fraction of sp³-hybridized carbons (Fsp3) is 0.875. The van der Waals surface area contributed by atoms with Crippen LogP contribution in [-0.4, -0.2) is 54.2 Å². The molecule has 0 saturated carbocycles. The van der Waals surface area contributed by atoms with Crippen LogP contribution >= 0.6 is 0 Å². The van der Waals surface area contributed by atoms with Crippen LogP contribution in [0.3, 0.4) is 0 Å². The van der Waals surface area contributed by atoms with Crippen molar-refractivity contribution in [1.29, 1.82) is 0 Å². The molecule has 0 aliphatic carbocycles. The van der Waals surface area contributed by atoms with Gasteiger partial charge in [-0.2, -0.15) is 0 Å². The standard InChI is InChI=1S/C16H30N2O2/c1-6-13(7-2)15(20)18-10-8-17(9-11-18)12-14(19)16(3,4)5/h13H,6-12H2,1-5H3. The summed E-state index contributed by atoms with van der Waals surface area (Å²) in [5.74, 6) is 0.729. The zero-order valence-corrected chi connectivity index (χ0v) is 13.7. The summed E-state index contributed by atoms with van der Waals surface area (Å²) in [5, 5.41) is 0. The second-order valence-corrected chi connectivity index (χ2v) is 6.79. The molecule has 1 aliphatic heterocycles. The maximum absolute atomic E-state index is 12.3. The highest BCUT2D eigenvalue weighted by atomic mass is 16.2. The molecule has 20 heavy (non-hydrogen) atoms. The maximum atomic E-state index is 12.3. The number of nitrogens with zero attached hydrogens (tertiary/aromatic N) is 2. The van der Waals surface area contributed by atoms with Crippen LogP contribution in [-0.2, 0) is 9.59 Å². The molecule has 1 amide bonds. The number of Topliss-reactive ketones (excluding diaryl/α,β-unsaturated/α-hetero) is 1. The van der Waals surface area contributed by atoms with Crippen LogP contribution in [0.5, 0.6) is 0 Å². The highest BCUT2D eigenvalue weighted by Crippen LogP contribution is 2.17. The van der Waals surface area contributed by atoms with E-state index in [1.54, 1.807) is 0 Å². The Kier molecular flexibility index (Phi) is 6.18. The Bertz CT molecular complexity index is 335. The van der Waals surface area contributed by atoms with Gasteiger partial charge in [-0.3, -0.25) is 14.5 Å². The summed E-state index contributed by atoms with van der Waals surface area (Å²) < 4.78 is 0. The monoisotopic (exact) mass is 282 g/mol. The fourth-order valence-electron chi connectivity index (χ4n) is 2.46. The number of carbonyl (C=O) groups is 2. The first kappa shape index (κ1) is 17.2. The molecule has 1 saturated heterocycles. The average molecular weight is 282 g/mol. The lowest BCUT2D eigenvalue weighted by atomic mass is 9.90. The Hall–Kier alpha value is -0.900. The van der Waals surface area contributed by atoms with Gasteiger partial charge >= 0.3 is 0 Å². The van der Waals surface area contributed by atoms with E-state index in [2.05, 4.69) is 18.7 Å². The van der Waals surface area contributed by atoms with Crippen molar-refractivity contribution in [3.05, 3.63) is 0 Å². The Morgan fingerprint density at radius 1 is 1.00 bits per heavy atom. The van der Waals surface area contributed by atoms with Gasteiger partial charge in [0.1, 0.15) is 0 Å². The van der Waals surface area contributed by atoms with Crippen molar-refractivity contribution in [2.45, 2.75) is 47.5 Å². The molecule has 0 atom stereocenters. The summed E-state index contributed by atoms with van der Waals surface area (Å²) in [7, 11) is 0. The zero-order valence-electron chi connectivity index (χ0n) is 13.7. The molecule has 0 aromatic rings. The van der Waals surface area contributed by atoms with E-state index in [1.165, 1.54) is 0 Å². The van der Waals surface area contributed by atoms with Crippen LogP contribution in [0.15, 0.2) is 0 Å². The molecule has 0 aromatic carbocycles. The molecule has 1 fully saturated rings. The van der Waals surface area contributed by atoms with E-state index in [0.717, 1.165) is 39.0 Å². The van der Waals surface area contributed by atoms with Gasteiger partial charge in [0.05, 0.1) is 6.54 Å². The minimum Gasteiger partial charge on any atom is -0.340 e. The number of ketones is 1. The van der Waals surface area contributed by atoms with Crippen LogP contribution in [0.4, 0.5) is 0 Å². The smallest absolute Gasteiger partial charge is 0.225 e. The van der Waals surface area contributed by atoms with Gasteiger partial charge in [-0.15, -0.1) is 0 Å². The molecule has 4 nitrogen and oxygen atoms in total. The van der Waals surface area contributed by atoms with Crippen molar-refractivity contribution in [3.8, 4) is 0 Å². The van der Waals surface area contributed by atoms with E-state index in [1.807, 2.05) is 25.7 Å². The van der Waals surface area contributed by atoms with Gasteiger partial charge in [0.2, 0.25) is 5.91 Å². The topological polar surface area (TPSA) is 40.6 Å². The minimum absolute atomic E-state index is 0.165. The van der Waals surface area contributed by atoms with Crippen molar-refractivity contribution in [3.63, 3.8) is 0 Å². The molecule has 4 heteroatoms. The largest absolute Gasteiger partial charge is 0.340 e. The first-order chi connectivity index (χ1) is 9.29. The normalized spacial score (nSPS) is 17.6. The third-order valence-electron chi connectivity index (χ3n) is 4.22. The molecule has 1 aliphatic rings. The van der Waals surface area contributed by atoms with Gasteiger partial charge in [0.25, 0.3) is 0 Å². The number of rotatable bonds is 5. The fourth-order valence-corrected chi connectivity index (χ4v) is 2.46. The molecule has 1 rings (SSSR count). The van der Waals surface area contributed by atoms with Gasteiger partial charge < -0.3 is 4.90 Å². The molecule has 1 heterocycles. The molecule has 0 spiro atoms. The van der Waals surface area contributed by atoms with E-state index in [9.17, 15) is 9.59 Å². The van der Waals surface area contributed by atoms with Crippen molar-refractivity contribution < 1.29 is 9.59 Å². The van der Waals surface area contributed by atoms with Gasteiger partial charge in [-0.25, -0.2) is 0 Å². The number of amides is 1. The minimum atomic E-state index is -0.275. The quantitative estimate of drug-likeness (QED) is 0.776. The highest BCUT2D eigenvalue weighted by molar-refractivity contribution is 5.85.